The molecule has 0 aliphatic carbocycles. The average Bonchev–Trinajstić information content (AvgIpc) is 2.36. The molecule has 0 aromatic heterocycles. The van der Waals surface area contributed by atoms with E-state index in [1.54, 1.807) is 0 Å². The SMILES string of the molecule is CC=CCCN=C(N)Nc1ccc(OC(C)C)cc1. The Labute approximate surface area is 115 Å². The van der Waals surface area contributed by atoms with Crippen molar-refractivity contribution in [3.8, 4) is 5.75 Å². The third kappa shape index (κ3) is 6.50. The average molecular weight is 261 g/mol. The van der Waals surface area contributed by atoms with Gasteiger partial charge in [0, 0.05) is 12.2 Å². The van der Waals surface area contributed by atoms with E-state index in [-0.39, 0.29) is 6.10 Å². The molecule has 1 aromatic carbocycles. The Morgan fingerprint density at radius 1 is 1.37 bits per heavy atom. The van der Waals surface area contributed by atoms with Gasteiger partial charge in [-0.1, -0.05) is 12.2 Å². The molecule has 0 amide bonds. The van der Waals surface area contributed by atoms with Crippen LogP contribution in [0.3, 0.4) is 0 Å². The Balaban J connectivity index is 2.48. The molecular weight excluding hydrogens is 238 g/mol. The molecule has 3 N–H and O–H groups in total. The van der Waals surface area contributed by atoms with Crippen molar-refractivity contribution < 1.29 is 4.74 Å². The first-order chi connectivity index (χ1) is 9.11. The van der Waals surface area contributed by atoms with Crippen molar-refractivity contribution >= 4 is 11.6 Å². The Kier molecular flexibility index (Phi) is 6.50. The monoisotopic (exact) mass is 261 g/mol. The number of allylic oxidation sites excluding steroid dienone is 1. The Hall–Kier alpha value is -1.97. The minimum Gasteiger partial charge on any atom is -0.491 e. The maximum atomic E-state index is 5.79. The molecular formula is C15H23N3O. The van der Waals surface area contributed by atoms with Crippen LogP contribution in [0.4, 0.5) is 5.69 Å². The van der Waals surface area contributed by atoms with E-state index in [0.29, 0.717) is 12.5 Å². The zero-order valence-electron chi connectivity index (χ0n) is 11.9. The van der Waals surface area contributed by atoms with Crippen LogP contribution >= 0.6 is 0 Å². The third-order valence-corrected chi connectivity index (χ3v) is 2.31. The Bertz CT molecular complexity index is 422. The quantitative estimate of drug-likeness (QED) is 0.358. The summed E-state index contributed by atoms with van der Waals surface area (Å²) in [5, 5.41) is 3.05. The van der Waals surface area contributed by atoms with Crippen LogP contribution in [-0.4, -0.2) is 18.6 Å². The Morgan fingerprint density at radius 2 is 2.05 bits per heavy atom. The molecule has 1 rings (SSSR count). The van der Waals surface area contributed by atoms with Gasteiger partial charge in [0.25, 0.3) is 0 Å². The highest BCUT2D eigenvalue weighted by atomic mass is 16.5. The molecule has 0 fully saturated rings. The summed E-state index contributed by atoms with van der Waals surface area (Å²) in [5.41, 5.74) is 6.70. The molecule has 0 atom stereocenters. The predicted octanol–water partition coefficient (Wildman–Crippen LogP) is 3.17. The van der Waals surface area contributed by atoms with Gasteiger partial charge in [0.1, 0.15) is 5.75 Å². The molecule has 0 unspecified atom stereocenters. The van der Waals surface area contributed by atoms with Crippen molar-refractivity contribution in [3.05, 3.63) is 36.4 Å². The van der Waals surface area contributed by atoms with Crippen LogP contribution in [0.15, 0.2) is 41.4 Å². The van der Waals surface area contributed by atoms with Crippen molar-refractivity contribution in [2.45, 2.75) is 33.3 Å². The van der Waals surface area contributed by atoms with Crippen LogP contribution in [0.5, 0.6) is 5.75 Å². The lowest BCUT2D eigenvalue weighted by Crippen LogP contribution is -2.22. The highest BCUT2D eigenvalue weighted by Crippen LogP contribution is 2.16. The zero-order chi connectivity index (χ0) is 14.1. The molecule has 0 aliphatic heterocycles. The highest BCUT2D eigenvalue weighted by molar-refractivity contribution is 5.92. The number of benzene rings is 1. The van der Waals surface area contributed by atoms with Crippen molar-refractivity contribution in [1.82, 2.24) is 0 Å². The van der Waals surface area contributed by atoms with Crippen LogP contribution in [0.1, 0.15) is 27.2 Å². The number of hydrogen-bond donors (Lipinski definition) is 2. The van der Waals surface area contributed by atoms with Gasteiger partial charge in [-0.05, 0) is 51.5 Å². The molecule has 0 spiro atoms. The molecule has 0 saturated heterocycles. The zero-order valence-corrected chi connectivity index (χ0v) is 11.9. The van der Waals surface area contributed by atoms with E-state index in [9.17, 15) is 0 Å². The van der Waals surface area contributed by atoms with Gasteiger partial charge in [-0.25, -0.2) is 0 Å². The van der Waals surface area contributed by atoms with Gasteiger partial charge in [-0.15, -0.1) is 0 Å². The number of rotatable bonds is 6. The number of aliphatic imine (C=N–C) groups is 1. The number of nitrogens with two attached hydrogens (primary N) is 1. The van der Waals surface area contributed by atoms with Gasteiger partial charge < -0.3 is 15.8 Å². The van der Waals surface area contributed by atoms with Crippen LogP contribution in [0, 0.1) is 0 Å². The predicted molar refractivity (Wildman–Crippen MR) is 81.7 cm³/mol. The largest absolute Gasteiger partial charge is 0.491 e. The first-order valence-corrected chi connectivity index (χ1v) is 6.56. The van der Waals surface area contributed by atoms with Crippen LogP contribution in [-0.2, 0) is 0 Å². The summed E-state index contributed by atoms with van der Waals surface area (Å²) in [7, 11) is 0. The first-order valence-electron chi connectivity index (χ1n) is 6.56. The van der Waals surface area contributed by atoms with Gasteiger partial charge in [0.2, 0.25) is 0 Å². The second-order valence-electron chi connectivity index (χ2n) is 4.44. The van der Waals surface area contributed by atoms with E-state index < -0.39 is 0 Å². The molecule has 0 aliphatic rings. The van der Waals surface area contributed by atoms with Crippen molar-refractivity contribution in [2.75, 3.05) is 11.9 Å². The van der Waals surface area contributed by atoms with Crippen LogP contribution in [0.25, 0.3) is 0 Å². The smallest absolute Gasteiger partial charge is 0.193 e. The maximum absolute atomic E-state index is 5.79. The second kappa shape index (κ2) is 8.19. The van der Waals surface area contributed by atoms with Gasteiger partial charge in [0.15, 0.2) is 5.96 Å². The van der Waals surface area contributed by atoms with Crippen molar-refractivity contribution in [1.29, 1.82) is 0 Å². The van der Waals surface area contributed by atoms with Gasteiger partial charge in [-0.3, -0.25) is 4.99 Å². The summed E-state index contributed by atoms with van der Waals surface area (Å²) in [6, 6.07) is 7.67. The van der Waals surface area contributed by atoms with Crippen molar-refractivity contribution in [3.63, 3.8) is 0 Å². The van der Waals surface area contributed by atoms with E-state index in [2.05, 4.69) is 16.4 Å². The summed E-state index contributed by atoms with van der Waals surface area (Å²) in [5.74, 6) is 1.28. The number of hydrogen-bond acceptors (Lipinski definition) is 2. The molecule has 4 heteroatoms. The molecule has 0 heterocycles. The van der Waals surface area contributed by atoms with Gasteiger partial charge in [0.05, 0.1) is 6.10 Å². The lowest BCUT2D eigenvalue weighted by atomic mass is 10.3. The summed E-state index contributed by atoms with van der Waals surface area (Å²) in [4.78, 5) is 4.23. The first kappa shape index (κ1) is 15.1. The van der Waals surface area contributed by atoms with E-state index >= 15 is 0 Å². The normalized spacial score (nSPS) is 12.1. The molecule has 0 radical (unpaired) electrons. The maximum Gasteiger partial charge on any atom is 0.193 e. The molecule has 4 nitrogen and oxygen atoms in total. The number of anilines is 1. The van der Waals surface area contributed by atoms with E-state index in [1.165, 1.54) is 0 Å². The summed E-state index contributed by atoms with van der Waals surface area (Å²) >= 11 is 0. The summed E-state index contributed by atoms with van der Waals surface area (Å²) in [6.45, 7) is 6.69. The molecule has 1 aromatic rings. The Morgan fingerprint density at radius 3 is 2.63 bits per heavy atom. The lowest BCUT2D eigenvalue weighted by Gasteiger charge is -2.10. The van der Waals surface area contributed by atoms with E-state index in [0.717, 1.165) is 17.9 Å². The minimum atomic E-state index is 0.178. The minimum absolute atomic E-state index is 0.178. The van der Waals surface area contributed by atoms with E-state index in [4.69, 9.17) is 10.5 Å². The lowest BCUT2D eigenvalue weighted by molar-refractivity contribution is 0.242. The standard InChI is InChI=1S/C15H23N3O/c1-4-5-6-11-17-15(16)18-13-7-9-14(10-8-13)19-12(2)3/h4-5,7-10,12H,6,11H2,1-3H3,(H3,16,17,18). The fourth-order valence-electron chi connectivity index (χ4n) is 1.50. The summed E-state index contributed by atoms with van der Waals surface area (Å²) in [6.07, 6.45) is 5.15. The molecule has 0 bridgehead atoms. The van der Waals surface area contributed by atoms with E-state index in [1.807, 2.05) is 51.1 Å². The van der Waals surface area contributed by atoms with Gasteiger partial charge in [-0.2, -0.15) is 0 Å². The molecule has 104 valence electrons. The van der Waals surface area contributed by atoms with Crippen LogP contribution < -0.4 is 15.8 Å². The highest BCUT2D eigenvalue weighted by Gasteiger charge is 1.98. The third-order valence-electron chi connectivity index (χ3n) is 2.31. The number of nitrogens with zero attached hydrogens (tertiary/aromatic N) is 1. The summed E-state index contributed by atoms with van der Waals surface area (Å²) < 4.78 is 5.57. The fourth-order valence-corrected chi connectivity index (χ4v) is 1.50. The van der Waals surface area contributed by atoms with Crippen molar-refractivity contribution in [2.24, 2.45) is 10.7 Å². The second-order valence-corrected chi connectivity index (χ2v) is 4.44. The number of guanidine groups is 1. The van der Waals surface area contributed by atoms with Gasteiger partial charge >= 0.3 is 0 Å². The fraction of sp³-hybridized carbons (Fsp3) is 0.400. The topological polar surface area (TPSA) is 59.6 Å². The number of ether oxygens (including phenoxy) is 1. The molecule has 0 saturated carbocycles. The van der Waals surface area contributed by atoms with Crippen LogP contribution in [0.2, 0.25) is 0 Å². The number of nitrogens with one attached hydrogen (secondary N) is 1. The molecule has 19 heavy (non-hydrogen) atoms.